The van der Waals surface area contributed by atoms with Gasteiger partial charge in [0.05, 0.1) is 31.3 Å². The zero-order valence-electron chi connectivity index (χ0n) is 46.3. The third kappa shape index (κ3) is 54.2. The fourth-order valence-corrected chi connectivity index (χ4v) is 10.0. The Morgan fingerprint density at radius 1 is 0.368 bits per heavy atom. The first kappa shape index (κ1) is 66.8. The molecule has 0 aromatic carbocycles. The lowest BCUT2D eigenvalue weighted by atomic mass is 10.0. The van der Waals surface area contributed by atoms with Gasteiger partial charge in [-0.2, -0.15) is 0 Å². The molecular formula is C63H123NO4. The van der Waals surface area contributed by atoms with Gasteiger partial charge in [-0.3, -0.25) is 4.79 Å². The fraction of sp³-hybridized carbons (Fsp3) is 0.921. The van der Waals surface area contributed by atoms with Gasteiger partial charge in [0.15, 0.2) is 0 Å². The third-order valence-corrected chi connectivity index (χ3v) is 14.7. The molecule has 0 aliphatic heterocycles. The molecule has 0 saturated heterocycles. The molecule has 0 aromatic heterocycles. The van der Waals surface area contributed by atoms with Crippen molar-refractivity contribution in [1.82, 2.24) is 5.32 Å². The summed E-state index contributed by atoms with van der Waals surface area (Å²) in [5.74, 6) is -0.318. The van der Waals surface area contributed by atoms with E-state index >= 15 is 0 Å². The monoisotopic (exact) mass is 958 g/mol. The van der Waals surface area contributed by atoms with Crippen LogP contribution in [0, 0.1) is 0 Å². The van der Waals surface area contributed by atoms with Crippen molar-refractivity contribution in [2.45, 2.75) is 366 Å². The Morgan fingerprint density at radius 2 is 0.632 bits per heavy atom. The van der Waals surface area contributed by atoms with Gasteiger partial charge < -0.3 is 20.6 Å². The number of unbranched alkanes of at least 4 members (excludes halogenated alkanes) is 47. The first-order valence-corrected chi connectivity index (χ1v) is 31.1. The maximum Gasteiger partial charge on any atom is 0.222 e. The number of aliphatic hydroxyl groups is 3. The summed E-state index contributed by atoms with van der Waals surface area (Å²) in [6.45, 7) is 4.24. The summed E-state index contributed by atoms with van der Waals surface area (Å²) >= 11 is 0. The van der Waals surface area contributed by atoms with Crippen LogP contribution in [0.1, 0.15) is 348 Å². The molecule has 68 heavy (non-hydrogen) atoms. The zero-order chi connectivity index (χ0) is 49.3. The highest BCUT2D eigenvalue weighted by atomic mass is 16.3. The lowest BCUT2D eigenvalue weighted by molar-refractivity contribution is -0.124. The number of amides is 1. The van der Waals surface area contributed by atoms with Crippen LogP contribution in [-0.4, -0.2) is 46.1 Å². The fourth-order valence-electron chi connectivity index (χ4n) is 10.0. The topological polar surface area (TPSA) is 89.8 Å². The summed E-state index contributed by atoms with van der Waals surface area (Å²) < 4.78 is 0. The van der Waals surface area contributed by atoms with Gasteiger partial charge in [0, 0.05) is 0 Å². The molecule has 5 heteroatoms. The quantitative estimate of drug-likeness (QED) is 0.0361. The van der Waals surface area contributed by atoms with Crippen LogP contribution in [0.25, 0.3) is 0 Å². The normalized spacial score (nSPS) is 13.3. The van der Waals surface area contributed by atoms with Crippen molar-refractivity contribution in [1.29, 1.82) is 0 Å². The average molecular weight is 959 g/mol. The summed E-state index contributed by atoms with van der Waals surface area (Å²) in [6.07, 6.45) is 75.5. The molecule has 0 aliphatic carbocycles. The molecule has 0 radical (unpaired) electrons. The number of allylic oxidation sites excluding steroid dienone is 3. The van der Waals surface area contributed by atoms with E-state index in [1.807, 2.05) is 6.08 Å². The minimum absolute atomic E-state index is 0.0105. The SMILES string of the molecule is CCCCCCCCCCCCCC/C=C/CC/C=C/C(O)C(CO)NC(=O)CC(O)CCCCCCCCCCCCCCCCCCCCCCCCCCCCCCCCCCCCC. The van der Waals surface area contributed by atoms with E-state index in [4.69, 9.17) is 0 Å². The largest absolute Gasteiger partial charge is 0.394 e. The predicted octanol–water partition coefficient (Wildman–Crippen LogP) is 19.6. The molecule has 4 N–H and O–H groups in total. The van der Waals surface area contributed by atoms with Crippen LogP contribution in [0.4, 0.5) is 0 Å². The summed E-state index contributed by atoms with van der Waals surface area (Å²) in [4.78, 5) is 12.5. The Bertz CT molecular complexity index is 1010. The predicted molar refractivity (Wildman–Crippen MR) is 301 cm³/mol. The lowest BCUT2D eigenvalue weighted by Crippen LogP contribution is -2.45. The van der Waals surface area contributed by atoms with E-state index in [2.05, 4.69) is 31.3 Å². The highest BCUT2D eigenvalue weighted by Crippen LogP contribution is 2.19. The van der Waals surface area contributed by atoms with E-state index in [0.717, 1.165) is 32.1 Å². The van der Waals surface area contributed by atoms with E-state index in [-0.39, 0.29) is 18.9 Å². The molecule has 0 fully saturated rings. The van der Waals surface area contributed by atoms with Gasteiger partial charge in [0.2, 0.25) is 5.91 Å². The summed E-state index contributed by atoms with van der Waals surface area (Å²) in [5.41, 5.74) is 0. The van der Waals surface area contributed by atoms with Crippen molar-refractivity contribution in [2.75, 3.05) is 6.61 Å². The Kier molecular flexibility index (Phi) is 57.4. The van der Waals surface area contributed by atoms with E-state index in [0.29, 0.717) is 6.42 Å². The molecule has 3 unspecified atom stereocenters. The maximum atomic E-state index is 12.5. The molecule has 0 aromatic rings. The van der Waals surface area contributed by atoms with Crippen molar-refractivity contribution in [3.8, 4) is 0 Å². The molecule has 1 amide bonds. The van der Waals surface area contributed by atoms with Gasteiger partial charge in [-0.15, -0.1) is 0 Å². The number of carbonyl (C=O) groups is 1. The van der Waals surface area contributed by atoms with Crippen LogP contribution in [0.3, 0.4) is 0 Å². The van der Waals surface area contributed by atoms with Gasteiger partial charge in [-0.1, -0.05) is 334 Å². The maximum absolute atomic E-state index is 12.5. The van der Waals surface area contributed by atoms with Crippen molar-refractivity contribution < 1.29 is 20.1 Å². The molecule has 5 nitrogen and oxygen atoms in total. The third-order valence-electron chi connectivity index (χ3n) is 14.7. The van der Waals surface area contributed by atoms with E-state index in [1.54, 1.807) is 6.08 Å². The van der Waals surface area contributed by atoms with Crippen LogP contribution in [0.2, 0.25) is 0 Å². The number of rotatable bonds is 58. The first-order chi connectivity index (χ1) is 33.5. The number of carbonyl (C=O) groups excluding carboxylic acids is 1. The summed E-state index contributed by atoms with van der Waals surface area (Å²) in [7, 11) is 0. The second-order valence-corrected chi connectivity index (χ2v) is 21.7. The highest BCUT2D eigenvalue weighted by molar-refractivity contribution is 5.76. The smallest absolute Gasteiger partial charge is 0.222 e. The van der Waals surface area contributed by atoms with Crippen molar-refractivity contribution >= 4 is 5.91 Å². The molecule has 0 bridgehead atoms. The van der Waals surface area contributed by atoms with Crippen LogP contribution in [0.15, 0.2) is 24.3 Å². The van der Waals surface area contributed by atoms with Crippen LogP contribution in [-0.2, 0) is 4.79 Å². The van der Waals surface area contributed by atoms with Gasteiger partial charge in [-0.05, 0) is 32.1 Å². The number of nitrogens with one attached hydrogen (secondary N) is 1. The van der Waals surface area contributed by atoms with Crippen LogP contribution in [0.5, 0.6) is 0 Å². The summed E-state index contributed by atoms with van der Waals surface area (Å²) in [6, 6.07) is -0.759. The Labute approximate surface area is 426 Å². The molecule has 0 saturated carbocycles. The minimum Gasteiger partial charge on any atom is -0.394 e. The average Bonchev–Trinajstić information content (AvgIpc) is 3.33. The van der Waals surface area contributed by atoms with Gasteiger partial charge in [-0.25, -0.2) is 0 Å². The zero-order valence-corrected chi connectivity index (χ0v) is 46.3. The standard InChI is InChI=1S/C63H123NO4/c1-3-5-7-9-11-13-15-17-19-21-23-24-25-26-27-28-29-30-31-32-33-34-35-36-37-38-39-40-42-44-46-48-50-52-54-56-60(66)58-63(68)64-61(59-65)62(67)57-55-53-51-49-47-45-43-41-22-20-18-16-14-12-10-8-6-4-2/h47,49,55,57,60-62,65-67H,3-46,48,50-54,56,58-59H2,1-2H3,(H,64,68)/b49-47+,57-55+. The first-order valence-electron chi connectivity index (χ1n) is 31.1. The molecule has 0 spiro atoms. The molecule has 0 aliphatic rings. The van der Waals surface area contributed by atoms with E-state index < -0.39 is 18.2 Å². The molecule has 404 valence electrons. The second-order valence-electron chi connectivity index (χ2n) is 21.7. The number of aliphatic hydroxyl groups excluding tert-OH is 3. The lowest BCUT2D eigenvalue weighted by Gasteiger charge is -2.21. The second kappa shape index (κ2) is 58.4. The number of hydrogen-bond donors (Lipinski definition) is 4. The molecule has 3 atom stereocenters. The van der Waals surface area contributed by atoms with E-state index in [1.165, 1.54) is 289 Å². The summed E-state index contributed by atoms with van der Waals surface area (Å²) in [5, 5.41) is 33.5. The van der Waals surface area contributed by atoms with Gasteiger partial charge in [0.25, 0.3) is 0 Å². The Balaban J connectivity index is 3.47. The Hall–Kier alpha value is -1.17. The van der Waals surface area contributed by atoms with Crippen LogP contribution < -0.4 is 5.32 Å². The van der Waals surface area contributed by atoms with Gasteiger partial charge in [0.1, 0.15) is 0 Å². The number of hydrogen-bond acceptors (Lipinski definition) is 4. The van der Waals surface area contributed by atoms with Gasteiger partial charge >= 0.3 is 0 Å². The minimum atomic E-state index is -0.950. The van der Waals surface area contributed by atoms with Crippen LogP contribution >= 0.6 is 0 Å². The van der Waals surface area contributed by atoms with E-state index in [9.17, 15) is 20.1 Å². The molecule has 0 heterocycles. The molecule has 0 rings (SSSR count). The van der Waals surface area contributed by atoms with Crippen molar-refractivity contribution in [2.24, 2.45) is 0 Å². The Morgan fingerprint density at radius 3 is 0.941 bits per heavy atom. The van der Waals surface area contributed by atoms with Crippen molar-refractivity contribution in [3.63, 3.8) is 0 Å². The molecular weight excluding hydrogens is 835 g/mol. The highest BCUT2D eigenvalue weighted by Gasteiger charge is 2.20. The van der Waals surface area contributed by atoms with Crippen molar-refractivity contribution in [3.05, 3.63) is 24.3 Å².